The van der Waals surface area contributed by atoms with Crippen molar-refractivity contribution in [2.45, 2.75) is 24.4 Å². The number of nitrogens with zero attached hydrogens (tertiary/aromatic N) is 3. The predicted molar refractivity (Wildman–Crippen MR) is 71.5 cm³/mol. The summed E-state index contributed by atoms with van der Waals surface area (Å²) in [5.41, 5.74) is 4.38. The molecule has 25 heavy (non-hydrogen) atoms. The molecule has 1 fully saturated rings. The molecule has 0 spiro atoms. The Bertz CT molecular complexity index is 679. The van der Waals surface area contributed by atoms with Gasteiger partial charge in [0.15, 0.2) is 0 Å². The highest BCUT2D eigenvalue weighted by atomic mass is 19.4. The minimum atomic E-state index is -5.06. The van der Waals surface area contributed by atoms with Crippen molar-refractivity contribution in [2.75, 3.05) is 13.2 Å². The van der Waals surface area contributed by atoms with Gasteiger partial charge in [0.25, 0.3) is 5.91 Å². The predicted octanol–water partition coefficient (Wildman–Crippen LogP) is 3.53. The van der Waals surface area contributed by atoms with Crippen molar-refractivity contribution in [1.29, 1.82) is 0 Å². The molecule has 1 aliphatic heterocycles. The lowest BCUT2D eigenvalue weighted by Crippen LogP contribution is -2.41. The highest BCUT2D eigenvalue weighted by Crippen LogP contribution is 2.36. The molecule has 1 unspecified atom stereocenters. The lowest BCUT2D eigenvalue weighted by atomic mass is 10.0. The summed E-state index contributed by atoms with van der Waals surface area (Å²) >= 11 is 0. The van der Waals surface area contributed by atoms with E-state index in [1.165, 1.54) is 0 Å². The van der Waals surface area contributed by atoms with Crippen LogP contribution >= 0.6 is 0 Å². The van der Waals surface area contributed by atoms with Gasteiger partial charge in [-0.2, -0.15) is 26.3 Å². The molecule has 1 heterocycles. The third-order valence-corrected chi connectivity index (χ3v) is 3.42. The molecule has 1 aliphatic rings. The average molecular weight is 368 g/mol. The van der Waals surface area contributed by atoms with Gasteiger partial charge >= 0.3 is 12.4 Å². The molecule has 2 rings (SSSR count). The summed E-state index contributed by atoms with van der Waals surface area (Å²) in [5.74, 6) is -1.16. The van der Waals surface area contributed by atoms with Gasteiger partial charge in [-0.1, -0.05) is 5.11 Å². The largest absolute Gasteiger partial charge is 0.416 e. The quantitative estimate of drug-likeness (QED) is 0.383. The van der Waals surface area contributed by atoms with E-state index in [4.69, 9.17) is 10.3 Å². The van der Waals surface area contributed by atoms with Crippen molar-refractivity contribution >= 4 is 5.91 Å². The van der Waals surface area contributed by atoms with Crippen LogP contribution in [0.1, 0.15) is 21.5 Å². The van der Waals surface area contributed by atoms with Crippen LogP contribution in [0.25, 0.3) is 10.4 Å². The van der Waals surface area contributed by atoms with Crippen LogP contribution in [0.2, 0.25) is 0 Å². The Morgan fingerprint density at radius 1 is 1.12 bits per heavy atom. The van der Waals surface area contributed by atoms with Crippen molar-refractivity contribution in [3.63, 3.8) is 0 Å². The number of alkyl halides is 6. The topological polar surface area (TPSA) is 87.1 Å². The summed E-state index contributed by atoms with van der Waals surface area (Å²) in [5, 5.41) is 5.57. The SMILES string of the molecule is [N-]=[N+]=NC1COC[C@H]1NC(=O)c1cc(C(F)(F)F)cc(C(F)(F)F)c1. The summed E-state index contributed by atoms with van der Waals surface area (Å²) in [6, 6.07) is -1.08. The third kappa shape index (κ3) is 4.54. The molecule has 1 N–H and O–H groups in total. The molecule has 0 aliphatic carbocycles. The van der Waals surface area contributed by atoms with Gasteiger partial charge in [0, 0.05) is 10.5 Å². The zero-order valence-corrected chi connectivity index (χ0v) is 12.2. The number of amides is 1. The van der Waals surface area contributed by atoms with Crippen LogP contribution in [0.4, 0.5) is 26.3 Å². The molecule has 136 valence electrons. The van der Waals surface area contributed by atoms with Crippen LogP contribution in [0.15, 0.2) is 23.3 Å². The van der Waals surface area contributed by atoms with E-state index in [1.54, 1.807) is 0 Å². The van der Waals surface area contributed by atoms with Crippen molar-refractivity contribution in [2.24, 2.45) is 5.11 Å². The fourth-order valence-corrected chi connectivity index (χ4v) is 2.20. The van der Waals surface area contributed by atoms with Crippen molar-refractivity contribution in [1.82, 2.24) is 5.32 Å². The first kappa shape index (κ1) is 18.9. The number of carbonyl (C=O) groups excluding carboxylic acids is 1. The molecule has 1 saturated heterocycles. The number of rotatable bonds is 3. The molecule has 12 heteroatoms. The number of hydrogen-bond acceptors (Lipinski definition) is 3. The van der Waals surface area contributed by atoms with Gasteiger partial charge in [0.05, 0.1) is 36.4 Å². The Balaban J connectivity index is 2.34. The fourth-order valence-electron chi connectivity index (χ4n) is 2.20. The molecular formula is C13H10F6N4O2. The number of ether oxygens (including phenoxy) is 1. The highest BCUT2D eigenvalue weighted by Gasteiger charge is 2.38. The van der Waals surface area contributed by atoms with Crippen molar-refractivity contribution in [3.05, 3.63) is 45.3 Å². The smallest absolute Gasteiger partial charge is 0.379 e. The molecule has 2 atom stereocenters. The minimum absolute atomic E-state index is 0.0224. The number of azide groups is 1. The minimum Gasteiger partial charge on any atom is -0.379 e. The molecule has 1 amide bonds. The molecular weight excluding hydrogens is 358 g/mol. The summed E-state index contributed by atoms with van der Waals surface area (Å²) in [6.45, 7) is -0.105. The van der Waals surface area contributed by atoms with Gasteiger partial charge in [-0.05, 0) is 23.7 Å². The monoisotopic (exact) mass is 368 g/mol. The van der Waals surface area contributed by atoms with Gasteiger partial charge < -0.3 is 10.1 Å². The van der Waals surface area contributed by atoms with E-state index in [0.29, 0.717) is 12.1 Å². The molecule has 0 radical (unpaired) electrons. The van der Waals surface area contributed by atoms with E-state index in [-0.39, 0.29) is 19.3 Å². The first-order valence-electron chi connectivity index (χ1n) is 6.74. The maximum Gasteiger partial charge on any atom is 0.416 e. The molecule has 0 bridgehead atoms. The maximum absolute atomic E-state index is 12.8. The average Bonchev–Trinajstić information content (AvgIpc) is 2.92. The summed E-state index contributed by atoms with van der Waals surface area (Å²) in [7, 11) is 0. The number of hydrogen-bond donors (Lipinski definition) is 1. The summed E-state index contributed by atoms with van der Waals surface area (Å²) in [6.07, 6.45) is -10.1. The van der Waals surface area contributed by atoms with Gasteiger partial charge in [-0.3, -0.25) is 4.79 Å². The Morgan fingerprint density at radius 3 is 2.16 bits per heavy atom. The molecule has 6 nitrogen and oxygen atoms in total. The first-order chi connectivity index (χ1) is 11.5. The second-order valence-corrected chi connectivity index (χ2v) is 5.18. The van der Waals surface area contributed by atoms with E-state index in [0.717, 1.165) is 0 Å². The van der Waals surface area contributed by atoms with Gasteiger partial charge in [0.1, 0.15) is 0 Å². The van der Waals surface area contributed by atoms with Crippen LogP contribution in [-0.4, -0.2) is 31.2 Å². The highest BCUT2D eigenvalue weighted by molar-refractivity contribution is 5.95. The second-order valence-electron chi connectivity index (χ2n) is 5.18. The number of halogens is 6. The Kier molecular flexibility index (Phi) is 5.14. The van der Waals surface area contributed by atoms with E-state index >= 15 is 0 Å². The van der Waals surface area contributed by atoms with Crippen molar-refractivity contribution < 1.29 is 35.9 Å². The van der Waals surface area contributed by atoms with Crippen LogP contribution < -0.4 is 5.32 Å². The summed E-state index contributed by atoms with van der Waals surface area (Å²) < 4.78 is 81.7. The van der Waals surface area contributed by atoms with E-state index in [2.05, 4.69) is 15.3 Å². The molecule has 0 saturated carbocycles. The normalized spacial score (nSPS) is 20.9. The van der Waals surface area contributed by atoms with Crippen LogP contribution in [0.3, 0.4) is 0 Å². The lowest BCUT2D eigenvalue weighted by molar-refractivity contribution is -0.143. The zero-order chi connectivity index (χ0) is 18.8. The van der Waals surface area contributed by atoms with E-state index < -0.39 is 47.0 Å². The van der Waals surface area contributed by atoms with Gasteiger partial charge in [-0.15, -0.1) is 0 Å². The van der Waals surface area contributed by atoms with Crippen LogP contribution in [-0.2, 0) is 17.1 Å². The number of carbonyl (C=O) groups is 1. The van der Waals surface area contributed by atoms with Gasteiger partial charge in [-0.25, -0.2) is 0 Å². The van der Waals surface area contributed by atoms with Crippen molar-refractivity contribution in [3.8, 4) is 0 Å². The Morgan fingerprint density at radius 2 is 1.68 bits per heavy atom. The standard InChI is InChI=1S/C13H10F6N4O2/c14-12(15,16)7-1-6(2-8(3-7)13(17,18)19)11(24)21-9-4-25-5-10(9)22-23-20/h1-3,9-10H,4-5H2,(H,21,24)/t9-,10?/m1/s1. The molecule has 1 aromatic carbocycles. The second kappa shape index (κ2) is 6.81. The first-order valence-corrected chi connectivity index (χ1v) is 6.74. The molecule has 0 aromatic heterocycles. The Hall–Kier alpha value is -2.46. The number of nitrogens with one attached hydrogen (secondary N) is 1. The fraction of sp³-hybridized carbons (Fsp3) is 0.462. The maximum atomic E-state index is 12.8. The van der Waals surface area contributed by atoms with Crippen LogP contribution in [0.5, 0.6) is 0 Å². The van der Waals surface area contributed by atoms with Crippen LogP contribution in [0, 0.1) is 0 Å². The van der Waals surface area contributed by atoms with E-state index in [9.17, 15) is 31.1 Å². The summed E-state index contributed by atoms with van der Waals surface area (Å²) in [4.78, 5) is 14.6. The Labute approximate surface area is 136 Å². The third-order valence-electron chi connectivity index (χ3n) is 3.42. The zero-order valence-electron chi connectivity index (χ0n) is 12.2. The van der Waals surface area contributed by atoms with E-state index in [1.807, 2.05) is 0 Å². The number of benzene rings is 1. The van der Waals surface area contributed by atoms with Gasteiger partial charge in [0.2, 0.25) is 0 Å². The lowest BCUT2D eigenvalue weighted by Gasteiger charge is -2.17. The molecule has 1 aromatic rings.